The van der Waals surface area contributed by atoms with Gasteiger partial charge in [-0.25, -0.2) is 9.78 Å². The fourth-order valence-corrected chi connectivity index (χ4v) is 3.05. The summed E-state index contributed by atoms with van der Waals surface area (Å²) < 4.78 is 21.7. The first-order chi connectivity index (χ1) is 15.1. The summed E-state index contributed by atoms with van der Waals surface area (Å²) in [5.74, 6) is -1.85. The number of nitrogens with one attached hydrogen (secondary N) is 1. The number of hydrogen-bond donors (Lipinski definition) is 1. The largest absolute Gasteiger partial charge is 0.493 e. The Kier molecular flexibility index (Phi) is 11.7. The van der Waals surface area contributed by atoms with Gasteiger partial charge < -0.3 is 24.3 Å². The van der Waals surface area contributed by atoms with Crippen LogP contribution in [0.1, 0.15) is 71.3 Å². The lowest BCUT2D eigenvalue weighted by Gasteiger charge is -2.28. The van der Waals surface area contributed by atoms with E-state index in [1.54, 1.807) is 0 Å². The fraction of sp³-hybridized carbons (Fsp3) is 0.652. The molecule has 0 aliphatic heterocycles. The molecule has 32 heavy (non-hydrogen) atoms. The molecule has 1 unspecified atom stereocenters. The second kappa shape index (κ2) is 13.7. The number of ether oxygens (including phenoxy) is 4. The monoisotopic (exact) mass is 452 g/mol. The minimum Gasteiger partial charge on any atom is -0.493 e. The van der Waals surface area contributed by atoms with Crippen LogP contribution >= 0.6 is 0 Å². The molecule has 1 amide bonds. The van der Waals surface area contributed by atoms with Gasteiger partial charge in [0.15, 0.2) is 11.4 Å². The van der Waals surface area contributed by atoms with Crippen molar-refractivity contribution in [2.75, 3.05) is 13.7 Å². The van der Waals surface area contributed by atoms with Crippen LogP contribution in [-0.2, 0) is 19.1 Å². The second-order valence-electron chi connectivity index (χ2n) is 7.91. The molecular formula is C23H36N2O7. The summed E-state index contributed by atoms with van der Waals surface area (Å²) in [4.78, 5) is 40.8. The van der Waals surface area contributed by atoms with Gasteiger partial charge in [-0.15, -0.1) is 0 Å². The Hall–Kier alpha value is -2.68. The van der Waals surface area contributed by atoms with Crippen LogP contribution in [0.15, 0.2) is 12.3 Å². The lowest BCUT2D eigenvalue weighted by atomic mass is 10.0. The molecule has 0 fully saturated rings. The van der Waals surface area contributed by atoms with Crippen molar-refractivity contribution in [1.29, 1.82) is 0 Å². The number of nitrogens with zero attached hydrogens (tertiary/aromatic N) is 1. The molecule has 0 spiro atoms. The molecule has 1 aromatic heterocycles. The molecular weight excluding hydrogens is 416 g/mol. The standard InChI is InChI=1S/C23H36N2O7/c1-8-9-10-13-30-16(5)20(14(2)3)32-23(28)15(4)25-22(27)19-21(31-17(6)26)18(29-7)11-12-24-19/h11-12,14-16,20H,8-10,13H2,1-7H3,(H,25,27)/t15-,16-,20?/m0/s1. The van der Waals surface area contributed by atoms with E-state index >= 15 is 0 Å². The summed E-state index contributed by atoms with van der Waals surface area (Å²) in [5, 5.41) is 2.54. The number of aromatic nitrogens is 1. The summed E-state index contributed by atoms with van der Waals surface area (Å²) in [5.41, 5.74) is -0.174. The highest BCUT2D eigenvalue weighted by Gasteiger charge is 2.30. The number of esters is 2. The molecule has 0 aliphatic rings. The summed E-state index contributed by atoms with van der Waals surface area (Å²) in [6.45, 7) is 11.2. The highest BCUT2D eigenvalue weighted by atomic mass is 16.6. The van der Waals surface area contributed by atoms with Crippen LogP contribution in [0.5, 0.6) is 11.5 Å². The molecule has 9 nitrogen and oxygen atoms in total. The maximum Gasteiger partial charge on any atom is 0.328 e. The Morgan fingerprint density at radius 2 is 1.81 bits per heavy atom. The van der Waals surface area contributed by atoms with E-state index in [-0.39, 0.29) is 29.2 Å². The van der Waals surface area contributed by atoms with Gasteiger partial charge in [-0.2, -0.15) is 0 Å². The molecule has 9 heteroatoms. The maximum atomic E-state index is 12.7. The molecule has 3 atom stereocenters. The fourth-order valence-electron chi connectivity index (χ4n) is 3.05. The van der Waals surface area contributed by atoms with Crippen molar-refractivity contribution in [2.24, 2.45) is 5.92 Å². The lowest BCUT2D eigenvalue weighted by molar-refractivity contribution is -0.162. The van der Waals surface area contributed by atoms with Gasteiger partial charge in [-0.1, -0.05) is 33.6 Å². The van der Waals surface area contributed by atoms with Crippen LogP contribution in [0.4, 0.5) is 0 Å². The zero-order valence-corrected chi connectivity index (χ0v) is 20.1. The van der Waals surface area contributed by atoms with Gasteiger partial charge in [0.05, 0.1) is 13.2 Å². The van der Waals surface area contributed by atoms with Crippen LogP contribution in [0.3, 0.4) is 0 Å². The average Bonchev–Trinajstić information content (AvgIpc) is 2.73. The number of carbonyl (C=O) groups excluding carboxylic acids is 3. The van der Waals surface area contributed by atoms with Crippen molar-refractivity contribution in [3.8, 4) is 11.5 Å². The van der Waals surface area contributed by atoms with Crippen LogP contribution < -0.4 is 14.8 Å². The van der Waals surface area contributed by atoms with Crippen LogP contribution in [-0.4, -0.2) is 54.8 Å². The van der Waals surface area contributed by atoms with Gasteiger partial charge in [-0.3, -0.25) is 9.59 Å². The number of hydrogen-bond acceptors (Lipinski definition) is 8. The number of carbonyl (C=O) groups is 3. The Morgan fingerprint density at radius 3 is 2.38 bits per heavy atom. The van der Waals surface area contributed by atoms with E-state index in [0.29, 0.717) is 6.61 Å². The average molecular weight is 453 g/mol. The van der Waals surface area contributed by atoms with Crippen LogP contribution in [0.2, 0.25) is 0 Å². The SMILES string of the molecule is CCCCCO[C@@H](C)C(OC(=O)[C@H](C)NC(=O)c1nccc(OC)c1OC(C)=O)C(C)C. The van der Waals surface area contributed by atoms with Crippen LogP contribution in [0.25, 0.3) is 0 Å². The first-order valence-electron chi connectivity index (χ1n) is 11.0. The van der Waals surface area contributed by atoms with E-state index in [1.807, 2.05) is 20.8 Å². The van der Waals surface area contributed by atoms with Gasteiger partial charge in [0, 0.05) is 25.8 Å². The topological polar surface area (TPSA) is 113 Å². The third-order valence-corrected chi connectivity index (χ3v) is 4.75. The predicted octanol–water partition coefficient (Wildman–Crippen LogP) is 3.30. The van der Waals surface area contributed by atoms with Gasteiger partial charge in [0.1, 0.15) is 12.1 Å². The smallest absolute Gasteiger partial charge is 0.328 e. The number of rotatable bonds is 13. The Bertz CT molecular complexity index is 767. The third kappa shape index (κ3) is 8.45. The summed E-state index contributed by atoms with van der Waals surface area (Å²) in [7, 11) is 1.38. The molecule has 1 aromatic rings. The molecule has 0 radical (unpaired) electrons. The summed E-state index contributed by atoms with van der Waals surface area (Å²) in [6.07, 6.45) is 3.72. The van der Waals surface area contributed by atoms with E-state index in [9.17, 15) is 14.4 Å². The van der Waals surface area contributed by atoms with E-state index in [0.717, 1.165) is 19.3 Å². The molecule has 1 rings (SSSR count). The molecule has 1 N–H and O–H groups in total. The molecule has 0 saturated heterocycles. The third-order valence-electron chi connectivity index (χ3n) is 4.75. The molecule has 1 heterocycles. The van der Waals surface area contributed by atoms with Crippen molar-refractivity contribution >= 4 is 17.8 Å². The normalized spacial score (nSPS) is 13.8. The zero-order valence-electron chi connectivity index (χ0n) is 20.1. The number of pyridine rings is 1. The van der Waals surface area contributed by atoms with E-state index in [1.165, 1.54) is 33.2 Å². The van der Waals surface area contributed by atoms with Crippen molar-refractivity contribution in [3.05, 3.63) is 18.0 Å². The summed E-state index contributed by atoms with van der Waals surface area (Å²) in [6, 6.07) is 0.497. The minimum atomic E-state index is -0.964. The quantitative estimate of drug-likeness (QED) is 0.358. The molecule has 180 valence electrons. The maximum absolute atomic E-state index is 12.7. The Labute approximate surface area is 190 Å². The van der Waals surface area contributed by atoms with Crippen molar-refractivity contribution in [1.82, 2.24) is 10.3 Å². The van der Waals surface area contributed by atoms with Crippen molar-refractivity contribution < 1.29 is 33.3 Å². The Morgan fingerprint density at radius 1 is 1.12 bits per heavy atom. The first kappa shape index (κ1) is 27.4. The predicted molar refractivity (Wildman–Crippen MR) is 119 cm³/mol. The van der Waals surface area contributed by atoms with Crippen molar-refractivity contribution in [2.45, 2.75) is 79.1 Å². The highest BCUT2D eigenvalue weighted by molar-refractivity contribution is 5.98. The van der Waals surface area contributed by atoms with Gasteiger partial charge in [0.25, 0.3) is 5.91 Å². The molecule has 0 bridgehead atoms. The lowest BCUT2D eigenvalue weighted by Crippen LogP contribution is -2.44. The van der Waals surface area contributed by atoms with Gasteiger partial charge in [0.2, 0.25) is 5.75 Å². The molecule has 0 saturated carbocycles. The van der Waals surface area contributed by atoms with Gasteiger partial charge in [-0.05, 0) is 26.2 Å². The van der Waals surface area contributed by atoms with Gasteiger partial charge >= 0.3 is 11.9 Å². The zero-order chi connectivity index (χ0) is 24.3. The van der Waals surface area contributed by atoms with E-state index in [2.05, 4.69) is 17.2 Å². The molecule has 0 aromatic carbocycles. The van der Waals surface area contributed by atoms with E-state index < -0.39 is 30.0 Å². The number of unbranched alkanes of at least 4 members (excludes halogenated alkanes) is 2. The van der Waals surface area contributed by atoms with Crippen molar-refractivity contribution in [3.63, 3.8) is 0 Å². The number of amides is 1. The van der Waals surface area contributed by atoms with E-state index in [4.69, 9.17) is 18.9 Å². The minimum absolute atomic E-state index is 0.0265. The van der Waals surface area contributed by atoms with Crippen LogP contribution in [0, 0.1) is 5.92 Å². The Balaban J connectivity index is 2.84. The summed E-state index contributed by atoms with van der Waals surface area (Å²) >= 11 is 0. The first-order valence-corrected chi connectivity index (χ1v) is 11.0. The highest BCUT2D eigenvalue weighted by Crippen LogP contribution is 2.29. The number of methoxy groups -OCH3 is 1. The molecule has 0 aliphatic carbocycles. The second-order valence-corrected chi connectivity index (χ2v) is 7.91.